The molecular formula is C17H18N2S. The number of hydrogen-bond donors (Lipinski definition) is 1. The molecule has 0 saturated heterocycles. The first-order valence-electron chi connectivity index (χ1n) is 6.94. The van der Waals surface area contributed by atoms with Gasteiger partial charge in [-0.25, -0.2) is 4.98 Å². The van der Waals surface area contributed by atoms with Crippen LogP contribution in [0.3, 0.4) is 0 Å². The Morgan fingerprint density at radius 1 is 1.10 bits per heavy atom. The summed E-state index contributed by atoms with van der Waals surface area (Å²) in [6.07, 6.45) is 1.07. The molecule has 2 nitrogen and oxygen atoms in total. The fourth-order valence-corrected chi connectivity index (χ4v) is 3.29. The van der Waals surface area contributed by atoms with Gasteiger partial charge in [0.2, 0.25) is 0 Å². The molecule has 3 heteroatoms. The molecule has 0 spiro atoms. The summed E-state index contributed by atoms with van der Waals surface area (Å²) in [7, 11) is 0. The van der Waals surface area contributed by atoms with Crippen molar-refractivity contribution < 1.29 is 0 Å². The van der Waals surface area contributed by atoms with Gasteiger partial charge in [0, 0.05) is 12.2 Å². The van der Waals surface area contributed by atoms with E-state index >= 15 is 0 Å². The molecule has 0 bridgehead atoms. The fourth-order valence-electron chi connectivity index (χ4n) is 2.42. The molecule has 0 atom stereocenters. The maximum atomic E-state index is 4.49. The van der Waals surface area contributed by atoms with E-state index in [1.165, 1.54) is 15.8 Å². The Morgan fingerprint density at radius 3 is 2.70 bits per heavy atom. The van der Waals surface area contributed by atoms with Gasteiger partial charge in [0.05, 0.1) is 15.2 Å². The number of aromatic nitrogens is 1. The molecule has 0 unspecified atom stereocenters. The van der Waals surface area contributed by atoms with Crippen molar-refractivity contribution in [3.05, 3.63) is 58.6 Å². The standard InChI is InChI=1S/C17H18N2S/c1-3-13-6-4-5-7-14(13)11-18-15-8-9-16-17(10-15)20-12(2)19-16/h4-10,18H,3,11H2,1-2H3. The Bertz CT molecular complexity index is 731. The first-order valence-corrected chi connectivity index (χ1v) is 7.76. The van der Waals surface area contributed by atoms with Crippen LogP contribution < -0.4 is 5.32 Å². The number of rotatable bonds is 4. The molecule has 0 amide bonds. The highest BCUT2D eigenvalue weighted by atomic mass is 32.1. The van der Waals surface area contributed by atoms with Crippen molar-refractivity contribution in [2.75, 3.05) is 5.32 Å². The molecule has 3 aromatic rings. The molecule has 0 saturated carbocycles. The molecule has 0 aliphatic rings. The normalized spacial score (nSPS) is 10.9. The van der Waals surface area contributed by atoms with Crippen LogP contribution >= 0.6 is 11.3 Å². The lowest BCUT2D eigenvalue weighted by Crippen LogP contribution is -2.02. The van der Waals surface area contributed by atoms with E-state index in [9.17, 15) is 0 Å². The summed E-state index contributed by atoms with van der Waals surface area (Å²) >= 11 is 1.74. The van der Waals surface area contributed by atoms with Crippen molar-refractivity contribution >= 4 is 27.2 Å². The minimum Gasteiger partial charge on any atom is -0.381 e. The summed E-state index contributed by atoms with van der Waals surface area (Å²) in [5.74, 6) is 0. The van der Waals surface area contributed by atoms with Crippen molar-refractivity contribution in [3.63, 3.8) is 0 Å². The predicted octanol–water partition coefficient (Wildman–Crippen LogP) is 4.78. The summed E-state index contributed by atoms with van der Waals surface area (Å²) in [4.78, 5) is 4.49. The lowest BCUT2D eigenvalue weighted by Gasteiger charge is -2.10. The highest BCUT2D eigenvalue weighted by Crippen LogP contribution is 2.25. The lowest BCUT2D eigenvalue weighted by molar-refractivity contribution is 1.04. The Kier molecular flexibility index (Phi) is 3.70. The van der Waals surface area contributed by atoms with Crippen molar-refractivity contribution in [1.29, 1.82) is 0 Å². The number of fused-ring (bicyclic) bond motifs is 1. The zero-order chi connectivity index (χ0) is 13.9. The number of benzene rings is 2. The Hall–Kier alpha value is -1.87. The second-order valence-corrected chi connectivity index (χ2v) is 6.13. The zero-order valence-corrected chi connectivity index (χ0v) is 12.6. The Balaban J connectivity index is 1.79. The third-order valence-electron chi connectivity index (χ3n) is 3.48. The van der Waals surface area contributed by atoms with Crippen molar-refractivity contribution in [2.45, 2.75) is 26.8 Å². The molecule has 0 aliphatic heterocycles. The van der Waals surface area contributed by atoms with Gasteiger partial charge >= 0.3 is 0 Å². The molecule has 1 N–H and O–H groups in total. The van der Waals surface area contributed by atoms with Crippen LogP contribution in [0.15, 0.2) is 42.5 Å². The van der Waals surface area contributed by atoms with E-state index in [-0.39, 0.29) is 0 Å². The van der Waals surface area contributed by atoms with Gasteiger partial charge in [0.1, 0.15) is 0 Å². The van der Waals surface area contributed by atoms with Crippen LogP contribution in [0.5, 0.6) is 0 Å². The van der Waals surface area contributed by atoms with Crippen LogP contribution in [-0.4, -0.2) is 4.98 Å². The van der Waals surface area contributed by atoms with Crippen LogP contribution in [0, 0.1) is 6.92 Å². The smallest absolute Gasteiger partial charge is 0.0907 e. The molecule has 0 radical (unpaired) electrons. The second kappa shape index (κ2) is 5.63. The van der Waals surface area contributed by atoms with Crippen LogP contribution in [0.1, 0.15) is 23.1 Å². The van der Waals surface area contributed by atoms with Crippen LogP contribution in [0.4, 0.5) is 5.69 Å². The topological polar surface area (TPSA) is 24.9 Å². The highest BCUT2D eigenvalue weighted by molar-refractivity contribution is 7.18. The SMILES string of the molecule is CCc1ccccc1CNc1ccc2nc(C)sc2c1. The maximum absolute atomic E-state index is 4.49. The first kappa shape index (κ1) is 13.1. The van der Waals surface area contributed by atoms with Gasteiger partial charge in [0.25, 0.3) is 0 Å². The molecule has 102 valence electrons. The van der Waals surface area contributed by atoms with Gasteiger partial charge in [-0.3, -0.25) is 0 Å². The van der Waals surface area contributed by atoms with E-state index in [0.29, 0.717) is 0 Å². The number of thiazole rings is 1. The van der Waals surface area contributed by atoms with Gasteiger partial charge in [-0.05, 0) is 42.7 Å². The van der Waals surface area contributed by atoms with Crippen LogP contribution in [-0.2, 0) is 13.0 Å². The monoisotopic (exact) mass is 282 g/mol. The molecule has 1 aromatic heterocycles. The lowest BCUT2D eigenvalue weighted by atomic mass is 10.1. The minimum absolute atomic E-state index is 0.868. The first-order chi connectivity index (χ1) is 9.76. The number of nitrogens with one attached hydrogen (secondary N) is 1. The largest absolute Gasteiger partial charge is 0.381 e. The van der Waals surface area contributed by atoms with E-state index in [1.807, 2.05) is 0 Å². The number of aryl methyl sites for hydroxylation is 2. The number of anilines is 1. The molecule has 20 heavy (non-hydrogen) atoms. The number of hydrogen-bond acceptors (Lipinski definition) is 3. The van der Waals surface area contributed by atoms with E-state index in [1.54, 1.807) is 11.3 Å². The molecule has 2 aromatic carbocycles. The maximum Gasteiger partial charge on any atom is 0.0907 e. The number of nitrogens with zero attached hydrogens (tertiary/aromatic N) is 1. The second-order valence-electron chi connectivity index (χ2n) is 4.89. The third-order valence-corrected chi connectivity index (χ3v) is 4.41. The van der Waals surface area contributed by atoms with Gasteiger partial charge in [0.15, 0.2) is 0 Å². The van der Waals surface area contributed by atoms with E-state index < -0.39 is 0 Å². The third kappa shape index (κ3) is 2.68. The van der Waals surface area contributed by atoms with Gasteiger partial charge in [-0.2, -0.15) is 0 Å². The van der Waals surface area contributed by atoms with Crippen molar-refractivity contribution in [1.82, 2.24) is 4.98 Å². The van der Waals surface area contributed by atoms with E-state index in [0.717, 1.165) is 29.2 Å². The van der Waals surface area contributed by atoms with E-state index in [4.69, 9.17) is 0 Å². The Labute approximate surface area is 123 Å². The quantitative estimate of drug-likeness (QED) is 0.745. The summed E-state index contributed by atoms with van der Waals surface area (Å²) in [6, 6.07) is 15.0. The Morgan fingerprint density at radius 2 is 1.90 bits per heavy atom. The summed E-state index contributed by atoms with van der Waals surface area (Å²) < 4.78 is 1.25. The zero-order valence-electron chi connectivity index (χ0n) is 11.8. The van der Waals surface area contributed by atoms with Crippen LogP contribution in [0.2, 0.25) is 0 Å². The predicted molar refractivity (Wildman–Crippen MR) is 87.5 cm³/mol. The highest BCUT2D eigenvalue weighted by Gasteiger charge is 2.03. The minimum atomic E-state index is 0.868. The van der Waals surface area contributed by atoms with Crippen molar-refractivity contribution in [2.24, 2.45) is 0 Å². The molecule has 0 aliphatic carbocycles. The molecule has 3 rings (SSSR count). The average Bonchev–Trinajstić information content (AvgIpc) is 2.84. The molecule has 1 heterocycles. The van der Waals surface area contributed by atoms with Gasteiger partial charge < -0.3 is 5.32 Å². The summed E-state index contributed by atoms with van der Waals surface area (Å²) in [6.45, 7) is 5.12. The van der Waals surface area contributed by atoms with Gasteiger partial charge in [-0.1, -0.05) is 31.2 Å². The average molecular weight is 282 g/mol. The summed E-state index contributed by atoms with van der Waals surface area (Å²) in [5.41, 5.74) is 5.03. The summed E-state index contributed by atoms with van der Waals surface area (Å²) in [5, 5.41) is 4.63. The van der Waals surface area contributed by atoms with Crippen LogP contribution in [0.25, 0.3) is 10.2 Å². The molecule has 0 fully saturated rings. The molecular weight excluding hydrogens is 264 g/mol. The fraction of sp³-hybridized carbons (Fsp3) is 0.235. The van der Waals surface area contributed by atoms with Gasteiger partial charge in [-0.15, -0.1) is 11.3 Å². The van der Waals surface area contributed by atoms with E-state index in [2.05, 4.69) is 66.6 Å². The van der Waals surface area contributed by atoms with Crippen molar-refractivity contribution in [3.8, 4) is 0 Å².